The molecule has 0 aliphatic carbocycles. The molecule has 3 aromatic carbocycles. The van der Waals surface area contributed by atoms with Crippen molar-refractivity contribution in [3.8, 4) is 11.5 Å². The monoisotopic (exact) mass is 456 g/mol. The minimum absolute atomic E-state index is 0.124. The molecule has 0 spiro atoms. The number of rotatable bonds is 7. The summed E-state index contributed by atoms with van der Waals surface area (Å²) in [5, 5.41) is 2.23. The number of aryl methyl sites for hydroxylation is 2. The molecular formula is C27H24N2O5. The average molecular weight is 456 g/mol. The van der Waals surface area contributed by atoms with E-state index in [9.17, 15) is 14.4 Å². The van der Waals surface area contributed by atoms with Gasteiger partial charge in [-0.15, -0.1) is 0 Å². The summed E-state index contributed by atoms with van der Waals surface area (Å²) in [6.07, 6.45) is 1.46. The Morgan fingerprint density at radius 3 is 2.03 bits per heavy atom. The van der Waals surface area contributed by atoms with E-state index in [1.807, 2.05) is 44.2 Å². The van der Waals surface area contributed by atoms with Crippen LogP contribution >= 0.6 is 0 Å². The molecule has 172 valence electrons. The summed E-state index contributed by atoms with van der Waals surface area (Å²) in [5.41, 5.74) is 2.96. The van der Waals surface area contributed by atoms with E-state index in [1.54, 1.807) is 42.5 Å². The Morgan fingerprint density at radius 1 is 0.794 bits per heavy atom. The number of nitrogens with zero attached hydrogens (tertiary/aromatic N) is 1. The summed E-state index contributed by atoms with van der Waals surface area (Å²) in [4.78, 5) is 38.6. The minimum atomic E-state index is -0.769. The van der Waals surface area contributed by atoms with Crippen LogP contribution in [0.25, 0.3) is 6.08 Å². The summed E-state index contributed by atoms with van der Waals surface area (Å²) < 4.78 is 11.3. The normalized spacial score (nSPS) is 14.8. The molecule has 3 aromatic rings. The van der Waals surface area contributed by atoms with Crippen molar-refractivity contribution in [3.63, 3.8) is 0 Å². The Labute approximate surface area is 197 Å². The minimum Gasteiger partial charge on any atom is -0.490 e. The first kappa shape index (κ1) is 22.8. The summed E-state index contributed by atoms with van der Waals surface area (Å²) in [6.45, 7) is 4.63. The summed E-state index contributed by atoms with van der Waals surface area (Å²) in [5.74, 6) is 0.0100. The molecule has 4 amide bonds. The first-order valence-corrected chi connectivity index (χ1v) is 10.8. The molecule has 4 rings (SSSR count). The predicted octanol–water partition coefficient (Wildman–Crippen LogP) is 4.43. The van der Waals surface area contributed by atoms with Crippen LogP contribution in [0.2, 0.25) is 0 Å². The second-order valence-electron chi connectivity index (χ2n) is 7.88. The highest BCUT2D eigenvalue weighted by atomic mass is 16.5. The largest absolute Gasteiger partial charge is 0.490 e. The van der Waals surface area contributed by atoms with Crippen LogP contribution in [-0.4, -0.2) is 31.1 Å². The SMILES string of the molecule is Cc1ccc(OCCOc2ccc(/C=C3/C(=O)NC(=O)N(c4cccc(C)c4)C3=O)cc2)cc1. The van der Waals surface area contributed by atoms with Crippen molar-refractivity contribution in [1.82, 2.24) is 5.32 Å². The molecular weight excluding hydrogens is 432 g/mol. The first-order valence-electron chi connectivity index (χ1n) is 10.8. The zero-order valence-corrected chi connectivity index (χ0v) is 18.9. The zero-order chi connectivity index (χ0) is 24.1. The van der Waals surface area contributed by atoms with E-state index in [4.69, 9.17) is 9.47 Å². The van der Waals surface area contributed by atoms with Gasteiger partial charge in [-0.1, -0.05) is 42.0 Å². The molecule has 0 bridgehead atoms. The number of anilines is 1. The Bertz CT molecular complexity index is 1250. The lowest BCUT2D eigenvalue weighted by molar-refractivity contribution is -0.122. The third-order valence-corrected chi connectivity index (χ3v) is 5.19. The van der Waals surface area contributed by atoms with Gasteiger partial charge in [0.2, 0.25) is 0 Å². The van der Waals surface area contributed by atoms with Crippen LogP contribution in [-0.2, 0) is 9.59 Å². The number of urea groups is 1. The van der Waals surface area contributed by atoms with E-state index in [0.717, 1.165) is 16.2 Å². The number of imide groups is 2. The van der Waals surface area contributed by atoms with E-state index in [-0.39, 0.29) is 5.57 Å². The standard InChI is InChI=1S/C27H24N2O5/c1-18-6-10-22(11-7-18)33-14-15-34-23-12-8-20(9-13-23)17-24-25(30)28-27(32)29(26(24)31)21-5-3-4-19(2)16-21/h3-13,16-17H,14-15H2,1-2H3,(H,28,30,32)/b24-17-. The lowest BCUT2D eigenvalue weighted by atomic mass is 10.1. The van der Waals surface area contributed by atoms with E-state index in [2.05, 4.69) is 5.32 Å². The molecule has 1 saturated heterocycles. The van der Waals surface area contributed by atoms with Crippen LogP contribution in [0.1, 0.15) is 16.7 Å². The van der Waals surface area contributed by atoms with E-state index >= 15 is 0 Å². The van der Waals surface area contributed by atoms with Gasteiger partial charge in [0.25, 0.3) is 11.8 Å². The van der Waals surface area contributed by atoms with Gasteiger partial charge in [-0.2, -0.15) is 0 Å². The highest BCUT2D eigenvalue weighted by Crippen LogP contribution is 2.23. The van der Waals surface area contributed by atoms with Crippen molar-refractivity contribution < 1.29 is 23.9 Å². The average Bonchev–Trinajstić information content (AvgIpc) is 2.81. The lowest BCUT2D eigenvalue weighted by Crippen LogP contribution is -2.54. The van der Waals surface area contributed by atoms with E-state index < -0.39 is 17.8 Å². The number of ether oxygens (including phenoxy) is 2. The fraction of sp³-hybridized carbons (Fsp3) is 0.148. The predicted molar refractivity (Wildman–Crippen MR) is 129 cm³/mol. The van der Waals surface area contributed by atoms with E-state index in [1.165, 1.54) is 11.6 Å². The number of hydrogen-bond acceptors (Lipinski definition) is 5. The van der Waals surface area contributed by atoms with Gasteiger partial charge in [-0.25, -0.2) is 9.69 Å². The summed E-state index contributed by atoms with van der Waals surface area (Å²) in [7, 11) is 0. The fourth-order valence-electron chi connectivity index (χ4n) is 3.44. The number of nitrogens with one attached hydrogen (secondary N) is 1. The van der Waals surface area contributed by atoms with Crippen LogP contribution in [0, 0.1) is 13.8 Å². The number of hydrogen-bond donors (Lipinski definition) is 1. The van der Waals surface area contributed by atoms with Crippen molar-refractivity contribution in [3.05, 3.63) is 95.1 Å². The molecule has 1 heterocycles. The Hall–Kier alpha value is -4.39. The van der Waals surface area contributed by atoms with Gasteiger partial charge < -0.3 is 9.47 Å². The first-order chi connectivity index (χ1) is 16.4. The molecule has 0 aromatic heterocycles. The number of carbonyl (C=O) groups is 3. The maximum Gasteiger partial charge on any atom is 0.335 e. The van der Waals surface area contributed by atoms with Crippen molar-refractivity contribution in [2.75, 3.05) is 18.1 Å². The number of amides is 4. The maximum absolute atomic E-state index is 13.0. The van der Waals surface area contributed by atoms with Crippen molar-refractivity contribution >= 4 is 29.6 Å². The Kier molecular flexibility index (Phi) is 6.73. The molecule has 0 atom stereocenters. The van der Waals surface area contributed by atoms with Crippen LogP contribution < -0.4 is 19.7 Å². The van der Waals surface area contributed by atoms with Crippen LogP contribution in [0.3, 0.4) is 0 Å². The van der Waals surface area contributed by atoms with Crippen LogP contribution in [0.4, 0.5) is 10.5 Å². The molecule has 0 saturated carbocycles. The van der Waals surface area contributed by atoms with E-state index in [0.29, 0.717) is 30.2 Å². The number of barbiturate groups is 1. The molecule has 7 nitrogen and oxygen atoms in total. The summed E-state index contributed by atoms with van der Waals surface area (Å²) >= 11 is 0. The van der Waals surface area contributed by atoms with Gasteiger partial charge in [0.05, 0.1) is 5.69 Å². The third kappa shape index (κ3) is 5.32. The number of carbonyl (C=O) groups excluding carboxylic acids is 3. The van der Waals surface area contributed by atoms with Crippen molar-refractivity contribution in [2.45, 2.75) is 13.8 Å². The Morgan fingerprint density at radius 2 is 1.41 bits per heavy atom. The summed E-state index contributed by atoms with van der Waals surface area (Å²) in [6, 6.07) is 20.9. The highest BCUT2D eigenvalue weighted by molar-refractivity contribution is 6.39. The molecule has 34 heavy (non-hydrogen) atoms. The topological polar surface area (TPSA) is 84.9 Å². The van der Waals surface area contributed by atoms with Crippen molar-refractivity contribution in [2.24, 2.45) is 0 Å². The smallest absolute Gasteiger partial charge is 0.335 e. The quantitative estimate of drug-likeness (QED) is 0.323. The second-order valence-corrected chi connectivity index (χ2v) is 7.88. The molecule has 7 heteroatoms. The molecule has 1 fully saturated rings. The van der Waals surface area contributed by atoms with Gasteiger partial charge in [-0.05, 0) is 67.4 Å². The van der Waals surface area contributed by atoms with Crippen LogP contribution in [0.5, 0.6) is 11.5 Å². The Balaban J connectivity index is 1.40. The van der Waals surface area contributed by atoms with Gasteiger partial charge in [-0.3, -0.25) is 14.9 Å². The highest BCUT2D eigenvalue weighted by Gasteiger charge is 2.36. The van der Waals surface area contributed by atoms with Gasteiger partial charge in [0.15, 0.2) is 0 Å². The lowest BCUT2D eigenvalue weighted by Gasteiger charge is -2.26. The fourth-order valence-corrected chi connectivity index (χ4v) is 3.44. The van der Waals surface area contributed by atoms with Crippen molar-refractivity contribution in [1.29, 1.82) is 0 Å². The molecule has 1 aliphatic rings. The third-order valence-electron chi connectivity index (χ3n) is 5.19. The molecule has 1 N–H and O–H groups in total. The van der Waals surface area contributed by atoms with Gasteiger partial charge in [0.1, 0.15) is 30.3 Å². The zero-order valence-electron chi connectivity index (χ0n) is 18.9. The van der Waals surface area contributed by atoms with Gasteiger partial charge in [0, 0.05) is 0 Å². The molecule has 0 radical (unpaired) electrons. The van der Waals surface area contributed by atoms with Gasteiger partial charge >= 0.3 is 6.03 Å². The maximum atomic E-state index is 13.0. The second kappa shape index (κ2) is 10.0. The van der Waals surface area contributed by atoms with Crippen LogP contribution in [0.15, 0.2) is 78.4 Å². The number of benzene rings is 3. The molecule has 0 unspecified atom stereocenters. The molecule has 1 aliphatic heterocycles.